The molecule has 0 amide bonds. The molecule has 0 saturated heterocycles. The fraction of sp³-hybridized carbons (Fsp3) is 1.00. The summed E-state index contributed by atoms with van der Waals surface area (Å²) in [5.74, 6) is 0. The standard InChI is InChI=1S/C5H8Cl4/c1-4(6)2-3-5(7,8)9/h4H,2-3H2,1H3. The van der Waals surface area contributed by atoms with E-state index in [4.69, 9.17) is 46.4 Å². The molecule has 1 unspecified atom stereocenters. The van der Waals surface area contributed by atoms with Gasteiger partial charge in [0.2, 0.25) is 0 Å². The highest BCUT2D eigenvalue weighted by Gasteiger charge is 2.19. The summed E-state index contributed by atoms with van der Waals surface area (Å²) in [4.78, 5) is 0. The second kappa shape index (κ2) is 4.12. The molecule has 0 rings (SSSR count). The van der Waals surface area contributed by atoms with Crippen LogP contribution in [0, 0.1) is 0 Å². The van der Waals surface area contributed by atoms with Gasteiger partial charge in [-0.25, -0.2) is 0 Å². The van der Waals surface area contributed by atoms with Gasteiger partial charge in [-0.2, -0.15) is 0 Å². The average molecular weight is 210 g/mol. The van der Waals surface area contributed by atoms with Gasteiger partial charge in [-0.3, -0.25) is 0 Å². The zero-order valence-electron chi connectivity index (χ0n) is 5.00. The second-order valence-electron chi connectivity index (χ2n) is 1.93. The molecule has 9 heavy (non-hydrogen) atoms. The van der Waals surface area contributed by atoms with Crippen molar-refractivity contribution >= 4 is 46.4 Å². The highest BCUT2D eigenvalue weighted by atomic mass is 35.6. The smallest absolute Gasteiger partial charge is 0.123 e. The van der Waals surface area contributed by atoms with Gasteiger partial charge in [-0.05, 0) is 19.8 Å². The van der Waals surface area contributed by atoms with Crippen molar-refractivity contribution in [3.8, 4) is 0 Å². The third-order valence-electron chi connectivity index (χ3n) is 0.826. The lowest BCUT2D eigenvalue weighted by Gasteiger charge is -2.10. The van der Waals surface area contributed by atoms with Crippen molar-refractivity contribution in [1.82, 2.24) is 0 Å². The first kappa shape index (κ1) is 10.2. The number of rotatable bonds is 2. The first-order valence-corrected chi connectivity index (χ1v) is 4.19. The van der Waals surface area contributed by atoms with Crippen LogP contribution in [0.15, 0.2) is 0 Å². The molecule has 4 heteroatoms. The number of halogens is 4. The van der Waals surface area contributed by atoms with Gasteiger partial charge in [0.05, 0.1) is 0 Å². The minimum absolute atomic E-state index is 0.0839. The summed E-state index contributed by atoms with van der Waals surface area (Å²) < 4.78 is -1.14. The summed E-state index contributed by atoms with van der Waals surface area (Å²) in [6.07, 6.45) is 1.25. The third-order valence-corrected chi connectivity index (χ3v) is 1.61. The van der Waals surface area contributed by atoms with E-state index in [2.05, 4.69) is 0 Å². The molecule has 0 N–H and O–H groups in total. The highest BCUT2D eigenvalue weighted by Crippen LogP contribution is 2.32. The van der Waals surface area contributed by atoms with Crippen LogP contribution in [0.4, 0.5) is 0 Å². The Morgan fingerprint density at radius 2 is 1.78 bits per heavy atom. The van der Waals surface area contributed by atoms with Crippen molar-refractivity contribution in [3.05, 3.63) is 0 Å². The largest absolute Gasteiger partial charge is 0.190 e. The predicted octanol–water partition coefficient (Wildman–Crippen LogP) is 3.76. The molecule has 0 bridgehead atoms. The van der Waals surface area contributed by atoms with Gasteiger partial charge in [-0.1, -0.05) is 34.8 Å². The van der Waals surface area contributed by atoms with Gasteiger partial charge < -0.3 is 0 Å². The number of hydrogen-bond donors (Lipinski definition) is 0. The first-order valence-electron chi connectivity index (χ1n) is 2.62. The predicted molar refractivity (Wildman–Crippen MR) is 44.8 cm³/mol. The molecule has 0 aromatic rings. The lowest BCUT2D eigenvalue weighted by molar-refractivity contribution is 0.740. The first-order chi connectivity index (χ1) is 3.92. The van der Waals surface area contributed by atoms with Crippen LogP contribution >= 0.6 is 46.4 Å². The molecule has 0 aromatic heterocycles. The zero-order valence-corrected chi connectivity index (χ0v) is 8.03. The second-order valence-corrected chi connectivity index (χ2v) is 5.20. The number of hydrogen-bond acceptors (Lipinski definition) is 0. The van der Waals surface area contributed by atoms with Gasteiger partial charge >= 0.3 is 0 Å². The summed E-state index contributed by atoms with van der Waals surface area (Å²) in [5, 5.41) is 0.0839. The summed E-state index contributed by atoms with van der Waals surface area (Å²) in [6.45, 7) is 1.87. The Morgan fingerprint density at radius 1 is 1.33 bits per heavy atom. The summed E-state index contributed by atoms with van der Waals surface area (Å²) >= 11 is 22.0. The van der Waals surface area contributed by atoms with Crippen LogP contribution in [0.3, 0.4) is 0 Å². The Bertz CT molecular complexity index is 73.5. The van der Waals surface area contributed by atoms with E-state index in [1.54, 1.807) is 0 Å². The van der Waals surface area contributed by atoms with Crippen molar-refractivity contribution < 1.29 is 0 Å². The molecule has 0 fully saturated rings. The lowest BCUT2D eigenvalue weighted by atomic mass is 10.3. The Hall–Kier alpha value is 1.16. The van der Waals surface area contributed by atoms with Crippen molar-refractivity contribution in [3.63, 3.8) is 0 Å². The molecule has 0 radical (unpaired) electrons. The molecule has 0 saturated carbocycles. The molecular weight excluding hydrogens is 202 g/mol. The Labute approximate surface area is 75.4 Å². The molecule has 0 nitrogen and oxygen atoms in total. The van der Waals surface area contributed by atoms with Gasteiger partial charge in [0, 0.05) is 5.38 Å². The highest BCUT2D eigenvalue weighted by molar-refractivity contribution is 6.67. The molecule has 0 aliphatic rings. The van der Waals surface area contributed by atoms with Crippen LogP contribution in [0.5, 0.6) is 0 Å². The quantitative estimate of drug-likeness (QED) is 0.608. The fourth-order valence-corrected chi connectivity index (χ4v) is 0.799. The van der Waals surface area contributed by atoms with E-state index >= 15 is 0 Å². The molecular formula is C5H8Cl4. The minimum atomic E-state index is -1.14. The van der Waals surface area contributed by atoms with Gasteiger partial charge in [0.25, 0.3) is 0 Å². The van der Waals surface area contributed by atoms with Gasteiger partial charge in [0.1, 0.15) is 0 Å². The van der Waals surface area contributed by atoms with E-state index in [0.717, 1.165) is 6.42 Å². The Balaban J connectivity index is 3.28. The number of alkyl halides is 4. The summed E-state index contributed by atoms with van der Waals surface area (Å²) in [5.41, 5.74) is 0. The van der Waals surface area contributed by atoms with E-state index in [9.17, 15) is 0 Å². The van der Waals surface area contributed by atoms with Crippen molar-refractivity contribution in [2.45, 2.75) is 28.9 Å². The molecule has 0 aromatic carbocycles. The molecule has 56 valence electrons. The average Bonchev–Trinajstić information content (AvgIpc) is 1.59. The molecule has 0 heterocycles. The van der Waals surface area contributed by atoms with Gasteiger partial charge in [0.15, 0.2) is 3.79 Å². The SMILES string of the molecule is CC(Cl)CCC(Cl)(Cl)Cl. The van der Waals surface area contributed by atoms with Crippen LogP contribution in [-0.2, 0) is 0 Å². The molecule has 0 aliphatic heterocycles. The maximum absolute atomic E-state index is 5.61. The van der Waals surface area contributed by atoms with Crippen LogP contribution in [0.1, 0.15) is 19.8 Å². The van der Waals surface area contributed by atoms with E-state index in [-0.39, 0.29) is 5.38 Å². The van der Waals surface area contributed by atoms with Crippen LogP contribution in [-0.4, -0.2) is 9.17 Å². The van der Waals surface area contributed by atoms with Crippen LogP contribution in [0.25, 0.3) is 0 Å². The Morgan fingerprint density at radius 3 is 1.89 bits per heavy atom. The Kier molecular flexibility index (Phi) is 4.66. The van der Waals surface area contributed by atoms with E-state index in [1.807, 2.05) is 6.92 Å². The molecule has 0 aliphatic carbocycles. The fourth-order valence-electron chi connectivity index (χ4n) is 0.363. The van der Waals surface area contributed by atoms with Gasteiger partial charge in [-0.15, -0.1) is 11.6 Å². The summed E-state index contributed by atoms with van der Waals surface area (Å²) in [7, 11) is 0. The van der Waals surface area contributed by atoms with Crippen molar-refractivity contribution in [1.29, 1.82) is 0 Å². The zero-order chi connectivity index (χ0) is 7.49. The summed E-state index contributed by atoms with van der Waals surface area (Å²) in [6, 6.07) is 0. The van der Waals surface area contributed by atoms with Crippen LogP contribution in [0.2, 0.25) is 0 Å². The monoisotopic (exact) mass is 208 g/mol. The van der Waals surface area contributed by atoms with Crippen LogP contribution < -0.4 is 0 Å². The molecule has 1 atom stereocenters. The maximum Gasteiger partial charge on any atom is 0.190 e. The van der Waals surface area contributed by atoms with Crippen molar-refractivity contribution in [2.75, 3.05) is 0 Å². The normalized spacial score (nSPS) is 15.7. The third kappa shape index (κ3) is 9.16. The minimum Gasteiger partial charge on any atom is -0.123 e. The van der Waals surface area contributed by atoms with E-state index in [0.29, 0.717) is 6.42 Å². The van der Waals surface area contributed by atoms with E-state index in [1.165, 1.54) is 0 Å². The van der Waals surface area contributed by atoms with E-state index < -0.39 is 3.79 Å². The van der Waals surface area contributed by atoms with Crippen molar-refractivity contribution in [2.24, 2.45) is 0 Å². The topological polar surface area (TPSA) is 0 Å². The maximum atomic E-state index is 5.61. The molecule has 0 spiro atoms. The lowest BCUT2D eigenvalue weighted by Crippen LogP contribution is -2.04.